The molecule has 1 aliphatic carbocycles. The highest BCUT2D eigenvalue weighted by Gasteiger charge is 2.39. The number of hydrogen-bond donors (Lipinski definition) is 1. The lowest BCUT2D eigenvalue weighted by atomic mass is 10.3. The molecule has 1 aromatic rings. The number of ether oxygens (including phenoxy) is 1. The van der Waals surface area contributed by atoms with Gasteiger partial charge in [-0.3, -0.25) is 4.98 Å². The van der Waals surface area contributed by atoms with E-state index in [9.17, 15) is 0 Å². The molecule has 0 spiro atoms. The molecule has 0 unspecified atom stereocenters. The van der Waals surface area contributed by atoms with Crippen molar-refractivity contribution in [2.75, 3.05) is 6.61 Å². The SMILES string of the molecule is Cl.Cl.NC1(COc2cncc(Cl)c2)CC1. The smallest absolute Gasteiger partial charge is 0.139 e. The van der Waals surface area contributed by atoms with Gasteiger partial charge in [-0.05, 0) is 12.8 Å². The molecule has 2 N–H and O–H groups in total. The van der Waals surface area contributed by atoms with E-state index in [2.05, 4.69) is 4.98 Å². The fourth-order valence-corrected chi connectivity index (χ4v) is 1.17. The zero-order valence-electron chi connectivity index (χ0n) is 7.98. The minimum atomic E-state index is -0.0949. The Balaban J connectivity index is 0.000000980. The van der Waals surface area contributed by atoms with Crippen LogP contribution in [0.2, 0.25) is 5.02 Å². The molecule has 1 aliphatic rings. The summed E-state index contributed by atoms with van der Waals surface area (Å²) in [6.45, 7) is 0.551. The highest BCUT2D eigenvalue weighted by molar-refractivity contribution is 6.30. The van der Waals surface area contributed by atoms with E-state index < -0.39 is 0 Å². The van der Waals surface area contributed by atoms with Crippen molar-refractivity contribution in [2.45, 2.75) is 18.4 Å². The monoisotopic (exact) mass is 270 g/mol. The molecule has 0 atom stereocenters. The zero-order chi connectivity index (χ0) is 9.31. The minimum Gasteiger partial charge on any atom is -0.490 e. The van der Waals surface area contributed by atoms with Gasteiger partial charge in [0, 0.05) is 12.3 Å². The quantitative estimate of drug-likeness (QED) is 0.918. The van der Waals surface area contributed by atoms with Gasteiger partial charge in [-0.2, -0.15) is 0 Å². The van der Waals surface area contributed by atoms with Gasteiger partial charge in [-0.1, -0.05) is 11.6 Å². The number of rotatable bonds is 3. The Morgan fingerprint density at radius 1 is 1.40 bits per heavy atom. The summed E-state index contributed by atoms with van der Waals surface area (Å²) in [7, 11) is 0. The Morgan fingerprint density at radius 2 is 2.07 bits per heavy atom. The second-order valence-electron chi connectivity index (χ2n) is 3.49. The predicted molar refractivity (Wildman–Crippen MR) is 65.4 cm³/mol. The summed E-state index contributed by atoms with van der Waals surface area (Å²) in [5.74, 6) is 0.684. The molecule has 6 heteroatoms. The van der Waals surface area contributed by atoms with Crippen LogP contribution in [-0.2, 0) is 0 Å². The second kappa shape index (κ2) is 5.75. The molecule has 2 rings (SSSR count). The van der Waals surface area contributed by atoms with Crippen LogP contribution >= 0.6 is 36.4 Å². The normalized spacial score (nSPS) is 15.9. The van der Waals surface area contributed by atoms with E-state index in [1.807, 2.05) is 0 Å². The summed E-state index contributed by atoms with van der Waals surface area (Å²) in [5, 5.41) is 0.583. The standard InChI is InChI=1S/C9H11ClN2O.2ClH/c10-7-3-8(5-12-4-7)13-6-9(11)1-2-9;;/h3-5H,1-2,6,11H2;2*1H. The molecule has 86 valence electrons. The van der Waals surface area contributed by atoms with Gasteiger partial charge in [-0.15, -0.1) is 24.8 Å². The Morgan fingerprint density at radius 3 is 2.60 bits per heavy atom. The summed E-state index contributed by atoms with van der Waals surface area (Å²) in [5.41, 5.74) is 5.76. The number of hydrogen-bond acceptors (Lipinski definition) is 3. The summed E-state index contributed by atoms with van der Waals surface area (Å²) in [6, 6.07) is 1.74. The van der Waals surface area contributed by atoms with Gasteiger partial charge in [0.05, 0.1) is 16.8 Å². The Labute approximate surface area is 106 Å². The third kappa shape index (κ3) is 4.43. The third-order valence-electron chi connectivity index (χ3n) is 2.10. The van der Waals surface area contributed by atoms with E-state index in [4.69, 9.17) is 22.1 Å². The van der Waals surface area contributed by atoms with Crippen LogP contribution in [0.5, 0.6) is 5.75 Å². The summed E-state index contributed by atoms with van der Waals surface area (Å²) in [6.07, 6.45) is 5.30. The lowest BCUT2D eigenvalue weighted by molar-refractivity contribution is 0.278. The first-order valence-corrected chi connectivity index (χ1v) is 4.58. The lowest BCUT2D eigenvalue weighted by Crippen LogP contribution is -2.29. The van der Waals surface area contributed by atoms with Gasteiger partial charge in [0.2, 0.25) is 0 Å². The van der Waals surface area contributed by atoms with Gasteiger partial charge in [0.15, 0.2) is 0 Å². The summed E-state index contributed by atoms with van der Waals surface area (Å²) >= 11 is 5.74. The van der Waals surface area contributed by atoms with Gasteiger partial charge >= 0.3 is 0 Å². The number of halogens is 3. The summed E-state index contributed by atoms with van der Waals surface area (Å²) in [4.78, 5) is 3.91. The van der Waals surface area contributed by atoms with Crippen molar-refractivity contribution in [3.8, 4) is 5.75 Å². The van der Waals surface area contributed by atoms with Crippen molar-refractivity contribution in [3.63, 3.8) is 0 Å². The topological polar surface area (TPSA) is 48.1 Å². The molecule has 1 aromatic heterocycles. The summed E-state index contributed by atoms with van der Waals surface area (Å²) < 4.78 is 5.44. The molecule has 0 aromatic carbocycles. The van der Waals surface area contributed by atoms with Crippen molar-refractivity contribution in [3.05, 3.63) is 23.5 Å². The van der Waals surface area contributed by atoms with Crippen LogP contribution in [-0.4, -0.2) is 17.1 Å². The number of pyridine rings is 1. The molecule has 1 heterocycles. The maximum Gasteiger partial charge on any atom is 0.139 e. The third-order valence-corrected chi connectivity index (χ3v) is 2.31. The van der Waals surface area contributed by atoms with Gasteiger partial charge in [0.25, 0.3) is 0 Å². The van der Waals surface area contributed by atoms with Crippen LogP contribution in [0, 0.1) is 0 Å². The molecule has 0 aliphatic heterocycles. The second-order valence-corrected chi connectivity index (χ2v) is 3.93. The molecule has 0 amide bonds. The van der Waals surface area contributed by atoms with Crippen LogP contribution in [0.3, 0.4) is 0 Å². The molecule has 0 saturated heterocycles. The molecule has 3 nitrogen and oxygen atoms in total. The van der Waals surface area contributed by atoms with E-state index in [1.54, 1.807) is 18.5 Å². The van der Waals surface area contributed by atoms with Crippen molar-refractivity contribution >= 4 is 36.4 Å². The van der Waals surface area contributed by atoms with Crippen LogP contribution in [0.15, 0.2) is 18.5 Å². The molecule has 15 heavy (non-hydrogen) atoms. The van der Waals surface area contributed by atoms with Gasteiger partial charge < -0.3 is 10.5 Å². The molecular weight excluding hydrogens is 258 g/mol. The highest BCUT2D eigenvalue weighted by atomic mass is 35.5. The molecule has 1 saturated carbocycles. The van der Waals surface area contributed by atoms with E-state index in [0.29, 0.717) is 17.4 Å². The maximum absolute atomic E-state index is 5.85. The molecule has 0 bridgehead atoms. The number of nitrogens with two attached hydrogens (primary N) is 1. The van der Waals surface area contributed by atoms with Gasteiger partial charge in [-0.25, -0.2) is 0 Å². The fraction of sp³-hybridized carbons (Fsp3) is 0.444. The number of nitrogens with zero attached hydrogens (tertiary/aromatic N) is 1. The molecule has 0 radical (unpaired) electrons. The number of aromatic nitrogens is 1. The van der Waals surface area contributed by atoms with Crippen molar-refractivity contribution in [1.82, 2.24) is 4.98 Å². The lowest BCUT2D eigenvalue weighted by Gasteiger charge is -2.10. The van der Waals surface area contributed by atoms with E-state index in [-0.39, 0.29) is 30.4 Å². The van der Waals surface area contributed by atoms with E-state index in [0.717, 1.165) is 12.8 Å². The Kier molecular flexibility index (Phi) is 5.67. The molecule has 1 fully saturated rings. The van der Waals surface area contributed by atoms with Crippen LogP contribution in [0.4, 0.5) is 0 Å². The maximum atomic E-state index is 5.85. The van der Waals surface area contributed by atoms with Crippen LogP contribution < -0.4 is 10.5 Å². The highest BCUT2D eigenvalue weighted by Crippen LogP contribution is 2.32. The van der Waals surface area contributed by atoms with Crippen molar-refractivity contribution < 1.29 is 4.74 Å². The van der Waals surface area contributed by atoms with Gasteiger partial charge in [0.1, 0.15) is 12.4 Å². The van der Waals surface area contributed by atoms with E-state index in [1.165, 1.54) is 0 Å². The Bertz CT molecular complexity index is 318. The Hall–Kier alpha value is -0.220. The first-order valence-electron chi connectivity index (χ1n) is 4.20. The average Bonchev–Trinajstić information content (AvgIpc) is 2.82. The zero-order valence-corrected chi connectivity index (χ0v) is 10.4. The van der Waals surface area contributed by atoms with E-state index >= 15 is 0 Å². The largest absolute Gasteiger partial charge is 0.490 e. The first-order chi connectivity index (χ1) is 6.18. The fourth-order valence-electron chi connectivity index (χ4n) is 1.00. The van der Waals surface area contributed by atoms with Crippen molar-refractivity contribution in [2.24, 2.45) is 5.73 Å². The average molecular weight is 272 g/mol. The van der Waals surface area contributed by atoms with Crippen LogP contribution in [0.25, 0.3) is 0 Å². The van der Waals surface area contributed by atoms with Crippen LogP contribution in [0.1, 0.15) is 12.8 Å². The first kappa shape index (κ1) is 14.8. The predicted octanol–water partition coefficient (Wildman–Crippen LogP) is 2.45. The molecular formula is C9H13Cl3N2O. The van der Waals surface area contributed by atoms with Crippen molar-refractivity contribution in [1.29, 1.82) is 0 Å². The minimum absolute atomic E-state index is 0.